The quantitative estimate of drug-likeness (QED) is 0.898. The first-order valence-electron chi connectivity index (χ1n) is 6.64. The van der Waals surface area contributed by atoms with Crippen molar-refractivity contribution in [1.82, 2.24) is 5.32 Å². The number of nitrogens with two attached hydrogens (primary N) is 1. The number of rotatable bonds is 4. The average molecular weight is 299 g/mol. The number of amides is 1. The van der Waals surface area contributed by atoms with E-state index in [-0.39, 0.29) is 17.5 Å². The van der Waals surface area contributed by atoms with Crippen molar-refractivity contribution >= 4 is 17.5 Å². The van der Waals surface area contributed by atoms with E-state index in [1.165, 1.54) is 0 Å². The zero-order chi connectivity index (χ0) is 15.5. The monoisotopic (exact) mass is 298 g/mol. The molecule has 0 heterocycles. The van der Waals surface area contributed by atoms with Crippen molar-refractivity contribution in [2.75, 3.05) is 0 Å². The zero-order valence-electron chi connectivity index (χ0n) is 12.7. The molecular weight excluding hydrogens is 276 g/mol. The van der Waals surface area contributed by atoms with Gasteiger partial charge in [0.05, 0.1) is 5.02 Å². The molecule has 0 saturated heterocycles. The Morgan fingerprint density at radius 1 is 1.35 bits per heavy atom. The Morgan fingerprint density at radius 3 is 2.40 bits per heavy atom. The van der Waals surface area contributed by atoms with Crippen LogP contribution in [0.25, 0.3) is 0 Å². The minimum absolute atomic E-state index is 0.0943. The molecule has 4 nitrogen and oxygen atoms in total. The SMILES string of the molecule is CC(Oc1ccc([C@H](C)N)cc1Cl)C(=O)NC(C)(C)C. The lowest BCUT2D eigenvalue weighted by molar-refractivity contribution is -0.128. The molecule has 1 amide bonds. The third kappa shape index (κ3) is 5.02. The van der Waals surface area contributed by atoms with Crippen LogP contribution in [0, 0.1) is 0 Å². The highest BCUT2D eigenvalue weighted by Crippen LogP contribution is 2.28. The minimum Gasteiger partial charge on any atom is -0.479 e. The number of halogens is 1. The van der Waals surface area contributed by atoms with E-state index >= 15 is 0 Å². The maximum absolute atomic E-state index is 12.0. The molecule has 5 heteroatoms. The van der Waals surface area contributed by atoms with E-state index in [0.717, 1.165) is 5.56 Å². The smallest absolute Gasteiger partial charge is 0.261 e. The molecule has 0 bridgehead atoms. The lowest BCUT2D eigenvalue weighted by Gasteiger charge is -2.24. The largest absolute Gasteiger partial charge is 0.479 e. The minimum atomic E-state index is -0.618. The molecule has 3 N–H and O–H groups in total. The molecule has 0 fully saturated rings. The van der Waals surface area contributed by atoms with Gasteiger partial charge in [0.25, 0.3) is 5.91 Å². The van der Waals surface area contributed by atoms with Crippen molar-refractivity contribution in [3.63, 3.8) is 0 Å². The maximum Gasteiger partial charge on any atom is 0.261 e. The van der Waals surface area contributed by atoms with Crippen molar-refractivity contribution in [1.29, 1.82) is 0 Å². The number of ether oxygens (including phenoxy) is 1. The number of nitrogens with one attached hydrogen (secondary N) is 1. The maximum atomic E-state index is 12.0. The molecule has 1 aromatic carbocycles. The lowest BCUT2D eigenvalue weighted by Crippen LogP contribution is -2.46. The van der Waals surface area contributed by atoms with Crippen LogP contribution in [0.15, 0.2) is 18.2 Å². The van der Waals surface area contributed by atoms with Crippen LogP contribution >= 0.6 is 11.6 Å². The van der Waals surface area contributed by atoms with Crippen molar-refractivity contribution in [2.45, 2.75) is 52.3 Å². The van der Waals surface area contributed by atoms with E-state index in [0.29, 0.717) is 10.8 Å². The van der Waals surface area contributed by atoms with Crippen LogP contribution < -0.4 is 15.8 Å². The Hall–Kier alpha value is -1.26. The molecular formula is C15H23ClN2O2. The second-order valence-electron chi connectivity index (χ2n) is 5.98. The van der Waals surface area contributed by atoms with Crippen LogP contribution in [0.5, 0.6) is 5.75 Å². The van der Waals surface area contributed by atoms with Crippen molar-refractivity contribution in [3.8, 4) is 5.75 Å². The van der Waals surface area contributed by atoms with Crippen molar-refractivity contribution < 1.29 is 9.53 Å². The summed E-state index contributed by atoms with van der Waals surface area (Å²) in [7, 11) is 0. The summed E-state index contributed by atoms with van der Waals surface area (Å²) in [6.07, 6.45) is -0.618. The van der Waals surface area contributed by atoms with E-state index in [1.807, 2.05) is 33.8 Å². The van der Waals surface area contributed by atoms with Gasteiger partial charge in [-0.1, -0.05) is 17.7 Å². The molecule has 0 aromatic heterocycles. The number of benzene rings is 1. The predicted molar refractivity (Wildman–Crippen MR) is 82.0 cm³/mol. The summed E-state index contributed by atoms with van der Waals surface area (Å²) in [5, 5.41) is 3.32. The fourth-order valence-electron chi connectivity index (χ4n) is 1.61. The highest BCUT2D eigenvalue weighted by Gasteiger charge is 2.21. The summed E-state index contributed by atoms with van der Waals surface area (Å²) < 4.78 is 5.60. The van der Waals surface area contributed by atoms with Crippen LogP contribution in [-0.2, 0) is 4.79 Å². The normalized spacial score (nSPS) is 14.6. The summed E-state index contributed by atoms with van der Waals surface area (Å²) in [6, 6.07) is 5.25. The number of hydrogen-bond acceptors (Lipinski definition) is 3. The van der Waals surface area contributed by atoms with Crippen LogP contribution in [0.3, 0.4) is 0 Å². The Bertz CT molecular complexity index is 481. The van der Waals surface area contributed by atoms with Gasteiger partial charge in [0.2, 0.25) is 0 Å². The van der Waals surface area contributed by atoms with Crippen molar-refractivity contribution in [3.05, 3.63) is 28.8 Å². The lowest BCUT2D eigenvalue weighted by atomic mass is 10.1. The summed E-state index contributed by atoms with van der Waals surface area (Å²) >= 11 is 6.14. The Kier molecular flexibility index (Phi) is 5.42. The van der Waals surface area contributed by atoms with Gasteiger partial charge in [-0.2, -0.15) is 0 Å². The molecule has 20 heavy (non-hydrogen) atoms. The second-order valence-corrected chi connectivity index (χ2v) is 6.39. The van der Waals surface area contributed by atoms with Gasteiger partial charge in [-0.15, -0.1) is 0 Å². The highest BCUT2D eigenvalue weighted by molar-refractivity contribution is 6.32. The summed E-state index contributed by atoms with van der Waals surface area (Å²) in [6.45, 7) is 9.33. The third-order valence-corrected chi connectivity index (χ3v) is 2.95. The van der Waals surface area contributed by atoms with Gasteiger partial charge in [0.1, 0.15) is 5.75 Å². The molecule has 0 aliphatic heterocycles. The van der Waals surface area contributed by atoms with E-state index in [1.54, 1.807) is 19.1 Å². The summed E-state index contributed by atoms with van der Waals surface area (Å²) in [5.74, 6) is 0.303. The number of hydrogen-bond donors (Lipinski definition) is 2. The van der Waals surface area contributed by atoms with Gasteiger partial charge < -0.3 is 15.8 Å². The van der Waals surface area contributed by atoms with Gasteiger partial charge in [-0.25, -0.2) is 0 Å². The molecule has 0 saturated carbocycles. The zero-order valence-corrected chi connectivity index (χ0v) is 13.4. The van der Waals surface area contributed by atoms with Crippen molar-refractivity contribution in [2.24, 2.45) is 5.73 Å². The second kappa shape index (κ2) is 6.46. The fraction of sp³-hybridized carbons (Fsp3) is 0.533. The molecule has 2 atom stereocenters. The van der Waals surface area contributed by atoms with Gasteiger partial charge in [0.15, 0.2) is 6.10 Å². The molecule has 112 valence electrons. The van der Waals surface area contributed by atoms with E-state index < -0.39 is 6.10 Å². The van der Waals surface area contributed by atoms with Gasteiger partial charge >= 0.3 is 0 Å². The number of carbonyl (C=O) groups excluding carboxylic acids is 1. The van der Waals surface area contributed by atoms with E-state index in [4.69, 9.17) is 22.1 Å². The first kappa shape index (κ1) is 16.8. The molecule has 1 aromatic rings. The molecule has 0 aliphatic carbocycles. The molecule has 1 unspecified atom stereocenters. The first-order valence-corrected chi connectivity index (χ1v) is 7.01. The average Bonchev–Trinajstić information content (AvgIpc) is 2.29. The van der Waals surface area contributed by atoms with Crippen LogP contribution in [0.1, 0.15) is 46.2 Å². The predicted octanol–water partition coefficient (Wildman–Crippen LogP) is 3.04. The fourth-order valence-corrected chi connectivity index (χ4v) is 1.84. The molecule has 1 rings (SSSR count). The third-order valence-electron chi connectivity index (χ3n) is 2.65. The highest BCUT2D eigenvalue weighted by atomic mass is 35.5. The Labute approximate surface area is 125 Å². The van der Waals surface area contributed by atoms with E-state index in [2.05, 4.69) is 5.32 Å². The standard InChI is InChI=1S/C15H23ClN2O2/c1-9(17)11-6-7-13(12(16)8-11)20-10(2)14(19)18-15(3,4)5/h6-10H,17H2,1-5H3,(H,18,19)/t9-,10?/m0/s1. The van der Waals surface area contributed by atoms with Crippen LogP contribution in [0.4, 0.5) is 0 Å². The Morgan fingerprint density at radius 2 is 1.95 bits per heavy atom. The molecule has 0 aliphatic rings. The van der Waals surface area contributed by atoms with Gasteiger partial charge in [0, 0.05) is 11.6 Å². The van der Waals surface area contributed by atoms with Gasteiger partial charge in [-0.05, 0) is 52.3 Å². The van der Waals surface area contributed by atoms with E-state index in [9.17, 15) is 4.79 Å². The topological polar surface area (TPSA) is 64.3 Å². The molecule has 0 spiro atoms. The first-order chi connectivity index (χ1) is 9.10. The summed E-state index contributed by atoms with van der Waals surface area (Å²) in [4.78, 5) is 12.0. The molecule has 0 radical (unpaired) electrons. The Balaban J connectivity index is 2.76. The van der Waals surface area contributed by atoms with Gasteiger partial charge in [-0.3, -0.25) is 4.79 Å². The summed E-state index contributed by atoms with van der Waals surface area (Å²) in [5.41, 5.74) is 6.42. The number of carbonyl (C=O) groups is 1. The van der Waals surface area contributed by atoms with Crippen LogP contribution in [0.2, 0.25) is 5.02 Å². The van der Waals surface area contributed by atoms with Crippen LogP contribution in [-0.4, -0.2) is 17.6 Å².